The van der Waals surface area contributed by atoms with Gasteiger partial charge >= 0.3 is 6.18 Å². The van der Waals surface area contributed by atoms with Crippen LogP contribution in [0.15, 0.2) is 30.3 Å². The Hall–Kier alpha value is -0.420. The molecule has 0 unspecified atom stereocenters. The molecule has 112 valence electrons. The zero-order valence-corrected chi connectivity index (χ0v) is 14.1. The second-order valence-corrected chi connectivity index (χ2v) is 6.00. The monoisotopic (exact) mass is 416 g/mol. The third-order valence-corrected chi connectivity index (χ3v) is 4.52. The molecule has 0 bridgehead atoms. The Balaban J connectivity index is 2.82. The minimum atomic E-state index is -4.50. The Morgan fingerprint density at radius 2 is 1.57 bits per heavy atom. The molecular formula is C14H7BrCl3F3. The van der Waals surface area contributed by atoms with E-state index in [1.54, 1.807) is 6.07 Å². The summed E-state index contributed by atoms with van der Waals surface area (Å²) in [4.78, 5) is 0. The quantitative estimate of drug-likeness (QED) is 0.357. The minimum Gasteiger partial charge on any atom is -0.166 e. The summed E-state index contributed by atoms with van der Waals surface area (Å²) in [6, 6.07) is 6.65. The highest BCUT2D eigenvalue weighted by molar-refractivity contribution is 9.08. The molecule has 0 spiro atoms. The maximum atomic E-state index is 13.2. The number of rotatable bonds is 2. The summed E-state index contributed by atoms with van der Waals surface area (Å²) in [5.41, 5.74) is -0.0938. The third-order valence-electron chi connectivity index (χ3n) is 2.88. The highest BCUT2D eigenvalue weighted by Crippen LogP contribution is 2.43. The highest BCUT2D eigenvalue weighted by Gasteiger charge is 2.35. The van der Waals surface area contributed by atoms with Crippen molar-refractivity contribution in [2.75, 3.05) is 0 Å². The molecule has 0 heterocycles. The van der Waals surface area contributed by atoms with E-state index in [-0.39, 0.29) is 31.5 Å². The lowest BCUT2D eigenvalue weighted by Crippen LogP contribution is -2.08. The summed E-state index contributed by atoms with van der Waals surface area (Å²) in [6.07, 6.45) is -4.50. The zero-order chi connectivity index (χ0) is 15.8. The van der Waals surface area contributed by atoms with Gasteiger partial charge < -0.3 is 0 Å². The number of halogens is 7. The minimum absolute atomic E-state index is 0.00504. The van der Waals surface area contributed by atoms with Crippen LogP contribution >= 0.6 is 50.7 Å². The van der Waals surface area contributed by atoms with Crippen LogP contribution in [0.3, 0.4) is 0 Å². The lowest BCUT2D eigenvalue weighted by Gasteiger charge is -2.17. The van der Waals surface area contributed by atoms with E-state index in [0.29, 0.717) is 5.56 Å². The lowest BCUT2D eigenvalue weighted by molar-refractivity contribution is -0.137. The topological polar surface area (TPSA) is 0 Å². The van der Waals surface area contributed by atoms with Crippen molar-refractivity contribution in [2.45, 2.75) is 11.5 Å². The van der Waals surface area contributed by atoms with Crippen LogP contribution in [0.5, 0.6) is 0 Å². The van der Waals surface area contributed by atoms with Crippen molar-refractivity contribution in [1.29, 1.82) is 0 Å². The maximum Gasteiger partial charge on any atom is 0.417 e. The zero-order valence-electron chi connectivity index (χ0n) is 10.2. The Labute approximate surface area is 142 Å². The van der Waals surface area contributed by atoms with Gasteiger partial charge in [0, 0.05) is 10.9 Å². The van der Waals surface area contributed by atoms with Gasteiger partial charge in [-0.25, -0.2) is 0 Å². The van der Waals surface area contributed by atoms with Crippen molar-refractivity contribution in [3.05, 3.63) is 56.5 Å². The summed E-state index contributed by atoms with van der Waals surface area (Å²) >= 11 is 21.0. The van der Waals surface area contributed by atoms with E-state index < -0.39 is 11.7 Å². The molecule has 0 aliphatic heterocycles. The summed E-state index contributed by atoms with van der Waals surface area (Å²) in [7, 11) is 0. The molecule has 0 nitrogen and oxygen atoms in total. The number of alkyl halides is 4. The first kappa shape index (κ1) is 16.9. The molecule has 0 saturated carbocycles. The van der Waals surface area contributed by atoms with Gasteiger partial charge in [0.05, 0.1) is 20.6 Å². The van der Waals surface area contributed by atoms with E-state index in [1.807, 2.05) is 0 Å². The Morgan fingerprint density at radius 3 is 2.14 bits per heavy atom. The van der Waals surface area contributed by atoms with Gasteiger partial charge in [0.2, 0.25) is 0 Å². The van der Waals surface area contributed by atoms with Crippen molar-refractivity contribution in [2.24, 2.45) is 0 Å². The van der Waals surface area contributed by atoms with Crippen molar-refractivity contribution in [3.63, 3.8) is 0 Å². The lowest BCUT2D eigenvalue weighted by atomic mass is 9.94. The van der Waals surface area contributed by atoms with E-state index in [0.717, 1.165) is 6.07 Å². The van der Waals surface area contributed by atoms with Gasteiger partial charge in [-0.2, -0.15) is 13.2 Å². The Bertz CT molecular complexity index is 684. The fraction of sp³-hybridized carbons (Fsp3) is 0.143. The van der Waals surface area contributed by atoms with Gasteiger partial charge in [-0.05, 0) is 29.3 Å². The smallest absolute Gasteiger partial charge is 0.166 e. The van der Waals surface area contributed by atoms with Gasteiger partial charge in [0.15, 0.2) is 0 Å². The molecule has 21 heavy (non-hydrogen) atoms. The summed E-state index contributed by atoms with van der Waals surface area (Å²) in [5, 5.41) is 0.704. The van der Waals surface area contributed by atoms with Gasteiger partial charge in [-0.1, -0.05) is 62.9 Å². The molecule has 0 N–H and O–H groups in total. The van der Waals surface area contributed by atoms with Gasteiger partial charge in [0.1, 0.15) is 0 Å². The van der Waals surface area contributed by atoms with Crippen LogP contribution in [-0.4, -0.2) is 0 Å². The van der Waals surface area contributed by atoms with E-state index >= 15 is 0 Å². The van der Waals surface area contributed by atoms with Crippen LogP contribution in [0.2, 0.25) is 15.1 Å². The molecule has 0 fully saturated rings. The second-order valence-electron chi connectivity index (χ2n) is 4.22. The first-order valence-corrected chi connectivity index (χ1v) is 7.91. The average Bonchev–Trinajstić information content (AvgIpc) is 2.41. The first-order chi connectivity index (χ1) is 9.75. The average molecular weight is 418 g/mol. The fourth-order valence-corrected chi connectivity index (χ4v) is 3.09. The molecule has 0 aliphatic carbocycles. The summed E-state index contributed by atoms with van der Waals surface area (Å²) in [6.45, 7) is 0. The third kappa shape index (κ3) is 3.50. The predicted octanol–water partition coefficient (Wildman–Crippen LogP) is 7.23. The predicted molar refractivity (Wildman–Crippen MR) is 84.5 cm³/mol. The standard InChI is InChI=1S/C14H7BrCl3F3/c15-6-7-2-1-3-9(14(19,20)21)13(7)8-4-11(17)12(18)5-10(8)16/h1-5H,6H2. The number of hydrogen-bond acceptors (Lipinski definition) is 0. The maximum absolute atomic E-state index is 13.2. The molecule has 0 saturated heterocycles. The number of hydrogen-bond donors (Lipinski definition) is 0. The van der Waals surface area contributed by atoms with Gasteiger partial charge in [-0.15, -0.1) is 0 Å². The van der Waals surface area contributed by atoms with E-state index in [4.69, 9.17) is 34.8 Å². The fourth-order valence-electron chi connectivity index (χ4n) is 1.98. The van der Waals surface area contributed by atoms with Crippen molar-refractivity contribution >= 4 is 50.7 Å². The van der Waals surface area contributed by atoms with E-state index in [2.05, 4.69) is 15.9 Å². The molecule has 2 aromatic carbocycles. The van der Waals surface area contributed by atoms with Crippen LogP contribution in [0, 0.1) is 0 Å². The van der Waals surface area contributed by atoms with Crippen molar-refractivity contribution in [3.8, 4) is 11.1 Å². The molecular weight excluding hydrogens is 411 g/mol. The summed E-state index contributed by atoms with van der Waals surface area (Å²) in [5.74, 6) is 0. The molecule has 0 radical (unpaired) electrons. The van der Waals surface area contributed by atoms with Gasteiger partial charge in [0.25, 0.3) is 0 Å². The molecule has 7 heteroatoms. The Morgan fingerprint density at radius 1 is 0.952 bits per heavy atom. The van der Waals surface area contributed by atoms with Crippen LogP contribution in [0.1, 0.15) is 11.1 Å². The molecule has 0 aliphatic rings. The van der Waals surface area contributed by atoms with Crippen molar-refractivity contribution in [1.82, 2.24) is 0 Å². The van der Waals surface area contributed by atoms with E-state index in [9.17, 15) is 13.2 Å². The number of benzene rings is 2. The second kappa shape index (κ2) is 6.37. The van der Waals surface area contributed by atoms with Crippen molar-refractivity contribution < 1.29 is 13.2 Å². The molecule has 2 rings (SSSR count). The van der Waals surface area contributed by atoms with E-state index in [1.165, 1.54) is 18.2 Å². The van der Waals surface area contributed by atoms with Crippen LogP contribution in [-0.2, 0) is 11.5 Å². The molecule has 2 aromatic rings. The van der Waals surface area contributed by atoms with Crippen LogP contribution < -0.4 is 0 Å². The normalized spacial score (nSPS) is 11.8. The largest absolute Gasteiger partial charge is 0.417 e. The summed E-state index contributed by atoms with van der Waals surface area (Å²) < 4.78 is 39.7. The van der Waals surface area contributed by atoms with Crippen LogP contribution in [0.25, 0.3) is 11.1 Å². The van der Waals surface area contributed by atoms with Gasteiger partial charge in [-0.3, -0.25) is 0 Å². The molecule has 0 amide bonds. The molecule has 0 atom stereocenters. The first-order valence-electron chi connectivity index (χ1n) is 5.65. The highest BCUT2D eigenvalue weighted by atomic mass is 79.9. The molecule has 0 aromatic heterocycles. The SMILES string of the molecule is FC(F)(F)c1cccc(CBr)c1-c1cc(Cl)c(Cl)cc1Cl. The Kier molecular flexibility index (Phi) is 5.14. The van der Waals surface area contributed by atoms with Crippen LogP contribution in [0.4, 0.5) is 13.2 Å².